The van der Waals surface area contributed by atoms with Gasteiger partial charge in [0.15, 0.2) is 0 Å². The van der Waals surface area contributed by atoms with Crippen LogP contribution in [0.4, 0.5) is 4.39 Å². The molecule has 1 aliphatic rings. The first-order chi connectivity index (χ1) is 7.68. The summed E-state index contributed by atoms with van der Waals surface area (Å²) >= 11 is 5.67. The highest BCUT2D eigenvalue weighted by Gasteiger charge is 2.18. The highest BCUT2D eigenvalue weighted by atomic mass is 35.5. The molecule has 0 spiro atoms. The Morgan fingerprint density at radius 1 is 1.38 bits per heavy atom. The molecule has 1 aliphatic heterocycles. The molecule has 0 bridgehead atoms. The van der Waals surface area contributed by atoms with Crippen molar-refractivity contribution in [2.45, 2.75) is 13.0 Å². The van der Waals surface area contributed by atoms with Crippen molar-refractivity contribution in [3.8, 4) is 0 Å². The van der Waals surface area contributed by atoms with E-state index in [0.717, 1.165) is 31.7 Å². The van der Waals surface area contributed by atoms with E-state index in [9.17, 15) is 4.39 Å². The van der Waals surface area contributed by atoms with Crippen LogP contribution >= 0.6 is 11.6 Å². The van der Waals surface area contributed by atoms with Gasteiger partial charge in [-0.3, -0.25) is 4.90 Å². The van der Waals surface area contributed by atoms with Gasteiger partial charge >= 0.3 is 0 Å². The van der Waals surface area contributed by atoms with Gasteiger partial charge in [-0.1, -0.05) is 17.7 Å². The van der Waals surface area contributed by atoms with Crippen LogP contribution in [-0.2, 0) is 0 Å². The molecule has 1 aromatic carbocycles. The molecule has 1 aromatic rings. The lowest BCUT2D eigenvalue weighted by Crippen LogP contribution is -2.44. The number of halogens is 2. The SMILES string of the molecule is C[C@H](c1ccc(Cl)c(F)c1)N1CCNCC1. The maximum Gasteiger partial charge on any atom is 0.142 e. The summed E-state index contributed by atoms with van der Waals surface area (Å²) in [4.78, 5) is 2.35. The van der Waals surface area contributed by atoms with Crippen molar-refractivity contribution >= 4 is 11.6 Å². The van der Waals surface area contributed by atoms with Gasteiger partial charge in [0.1, 0.15) is 5.82 Å². The number of piperazine rings is 1. The second kappa shape index (κ2) is 5.13. The molecule has 0 saturated carbocycles. The average Bonchev–Trinajstić information content (AvgIpc) is 2.33. The fraction of sp³-hybridized carbons (Fsp3) is 0.500. The van der Waals surface area contributed by atoms with Crippen LogP contribution in [0.25, 0.3) is 0 Å². The van der Waals surface area contributed by atoms with Crippen molar-refractivity contribution in [1.82, 2.24) is 10.2 Å². The van der Waals surface area contributed by atoms with Crippen LogP contribution in [0.2, 0.25) is 5.02 Å². The van der Waals surface area contributed by atoms with E-state index >= 15 is 0 Å². The standard InChI is InChI=1S/C12H16ClFN2/c1-9(16-6-4-15-5-7-16)10-2-3-11(13)12(14)8-10/h2-3,8-9,15H,4-7H2,1H3/t9-/m1/s1. The molecule has 0 amide bonds. The molecule has 16 heavy (non-hydrogen) atoms. The van der Waals surface area contributed by atoms with E-state index in [1.54, 1.807) is 6.07 Å². The summed E-state index contributed by atoms with van der Waals surface area (Å²) < 4.78 is 13.3. The Morgan fingerprint density at radius 3 is 2.69 bits per heavy atom. The number of rotatable bonds is 2. The Morgan fingerprint density at radius 2 is 2.06 bits per heavy atom. The first-order valence-corrected chi connectivity index (χ1v) is 5.96. The van der Waals surface area contributed by atoms with E-state index in [0.29, 0.717) is 0 Å². The summed E-state index contributed by atoms with van der Waals surface area (Å²) in [5.74, 6) is -0.332. The van der Waals surface area contributed by atoms with E-state index in [1.807, 2.05) is 6.07 Å². The lowest BCUT2D eigenvalue weighted by molar-refractivity contribution is 0.185. The highest BCUT2D eigenvalue weighted by Crippen LogP contribution is 2.24. The molecular weight excluding hydrogens is 227 g/mol. The zero-order chi connectivity index (χ0) is 11.5. The van der Waals surface area contributed by atoms with Gasteiger partial charge in [0.05, 0.1) is 5.02 Å². The van der Waals surface area contributed by atoms with Crippen molar-refractivity contribution in [2.75, 3.05) is 26.2 Å². The average molecular weight is 243 g/mol. The summed E-state index contributed by atoms with van der Waals surface area (Å²) in [7, 11) is 0. The third kappa shape index (κ3) is 2.54. The van der Waals surface area contributed by atoms with E-state index in [1.165, 1.54) is 6.07 Å². The third-order valence-corrected chi connectivity index (χ3v) is 3.43. The van der Waals surface area contributed by atoms with Crippen molar-refractivity contribution < 1.29 is 4.39 Å². The van der Waals surface area contributed by atoms with Gasteiger partial charge < -0.3 is 5.32 Å². The van der Waals surface area contributed by atoms with E-state index < -0.39 is 0 Å². The molecule has 4 heteroatoms. The summed E-state index contributed by atoms with van der Waals surface area (Å²) in [5.41, 5.74) is 0.990. The van der Waals surface area contributed by atoms with Crippen molar-refractivity contribution in [1.29, 1.82) is 0 Å². The van der Waals surface area contributed by atoms with Gasteiger partial charge in [0.25, 0.3) is 0 Å². The third-order valence-electron chi connectivity index (χ3n) is 3.13. The summed E-state index contributed by atoms with van der Waals surface area (Å²) in [5, 5.41) is 3.50. The fourth-order valence-electron chi connectivity index (χ4n) is 2.05. The molecule has 2 rings (SSSR count). The molecule has 2 nitrogen and oxygen atoms in total. The van der Waals surface area contributed by atoms with Gasteiger partial charge in [-0.2, -0.15) is 0 Å². The molecular formula is C12H16ClFN2. The largest absolute Gasteiger partial charge is 0.314 e. The van der Waals surface area contributed by atoms with E-state index in [2.05, 4.69) is 17.1 Å². The molecule has 0 aromatic heterocycles. The molecule has 0 unspecified atom stereocenters. The maximum absolute atomic E-state index is 13.3. The summed E-state index contributed by atoms with van der Waals surface area (Å²) in [6.45, 7) is 6.12. The second-order valence-corrected chi connectivity index (χ2v) is 4.54. The van der Waals surface area contributed by atoms with Crippen molar-refractivity contribution in [2.24, 2.45) is 0 Å². The van der Waals surface area contributed by atoms with Gasteiger partial charge in [-0.15, -0.1) is 0 Å². The van der Waals surface area contributed by atoms with E-state index in [4.69, 9.17) is 11.6 Å². The van der Waals surface area contributed by atoms with Gasteiger partial charge in [0.2, 0.25) is 0 Å². The second-order valence-electron chi connectivity index (χ2n) is 4.14. The van der Waals surface area contributed by atoms with Crippen LogP contribution in [0.5, 0.6) is 0 Å². The number of hydrogen-bond acceptors (Lipinski definition) is 2. The molecule has 1 saturated heterocycles. The normalized spacial score (nSPS) is 19.7. The van der Waals surface area contributed by atoms with Crippen LogP contribution in [0, 0.1) is 5.82 Å². The zero-order valence-corrected chi connectivity index (χ0v) is 10.1. The Kier molecular flexibility index (Phi) is 3.79. The summed E-state index contributed by atoms with van der Waals surface area (Å²) in [6.07, 6.45) is 0. The van der Waals surface area contributed by atoms with Gasteiger partial charge in [-0.05, 0) is 24.6 Å². The Hall–Kier alpha value is -0.640. The minimum atomic E-state index is -0.332. The fourth-order valence-corrected chi connectivity index (χ4v) is 2.17. The first-order valence-electron chi connectivity index (χ1n) is 5.58. The molecule has 0 aliphatic carbocycles. The van der Waals surface area contributed by atoms with Gasteiger partial charge in [-0.25, -0.2) is 4.39 Å². The number of hydrogen-bond donors (Lipinski definition) is 1. The topological polar surface area (TPSA) is 15.3 Å². The predicted molar refractivity (Wildman–Crippen MR) is 64.3 cm³/mol. The smallest absolute Gasteiger partial charge is 0.142 e. The minimum Gasteiger partial charge on any atom is -0.314 e. The molecule has 88 valence electrons. The maximum atomic E-state index is 13.3. The number of nitrogens with zero attached hydrogens (tertiary/aromatic N) is 1. The molecule has 1 fully saturated rings. The Bertz CT molecular complexity index is 364. The lowest BCUT2D eigenvalue weighted by atomic mass is 10.1. The molecule has 1 heterocycles. The summed E-state index contributed by atoms with van der Waals surface area (Å²) in [6, 6.07) is 5.31. The first kappa shape index (κ1) is 11.8. The lowest BCUT2D eigenvalue weighted by Gasteiger charge is -2.33. The van der Waals surface area contributed by atoms with Crippen LogP contribution in [0.1, 0.15) is 18.5 Å². The van der Waals surface area contributed by atoms with Crippen LogP contribution in [-0.4, -0.2) is 31.1 Å². The zero-order valence-electron chi connectivity index (χ0n) is 9.34. The number of nitrogens with one attached hydrogen (secondary N) is 1. The monoisotopic (exact) mass is 242 g/mol. The minimum absolute atomic E-state index is 0.191. The molecule has 1 N–H and O–H groups in total. The number of benzene rings is 1. The molecule has 1 atom stereocenters. The van der Waals surface area contributed by atoms with Crippen LogP contribution in [0.3, 0.4) is 0 Å². The predicted octanol–water partition coefficient (Wildman–Crippen LogP) is 2.45. The Balaban J connectivity index is 2.12. The quantitative estimate of drug-likeness (QED) is 0.857. The van der Waals surface area contributed by atoms with Crippen LogP contribution in [0.15, 0.2) is 18.2 Å². The van der Waals surface area contributed by atoms with E-state index in [-0.39, 0.29) is 16.9 Å². The van der Waals surface area contributed by atoms with Crippen molar-refractivity contribution in [3.05, 3.63) is 34.6 Å². The Labute approximate surface area is 100 Å². The van der Waals surface area contributed by atoms with Crippen molar-refractivity contribution in [3.63, 3.8) is 0 Å². The van der Waals surface area contributed by atoms with Gasteiger partial charge in [0, 0.05) is 32.2 Å². The van der Waals surface area contributed by atoms with Crippen LogP contribution < -0.4 is 5.32 Å². The molecule has 0 radical (unpaired) electrons. The highest BCUT2D eigenvalue weighted by molar-refractivity contribution is 6.30.